The molecule has 0 unspecified atom stereocenters. The topological polar surface area (TPSA) is 66.8 Å². The van der Waals surface area contributed by atoms with Gasteiger partial charge < -0.3 is 9.84 Å². The van der Waals surface area contributed by atoms with Gasteiger partial charge in [-0.2, -0.15) is 13.1 Å². The van der Waals surface area contributed by atoms with Crippen LogP contribution in [0.25, 0.3) is 0 Å². The first-order valence-corrected chi connectivity index (χ1v) is 7.55. The summed E-state index contributed by atoms with van der Waals surface area (Å²) in [4.78, 5) is -0.127. The molecule has 1 aliphatic rings. The van der Waals surface area contributed by atoms with Crippen molar-refractivity contribution in [3.8, 4) is 5.75 Å². The van der Waals surface area contributed by atoms with Crippen LogP contribution in [0, 0.1) is 0 Å². The molecule has 0 saturated carbocycles. The molecule has 1 heterocycles. The summed E-state index contributed by atoms with van der Waals surface area (Å²) in [7, 11) is -3.79. The Morgan fingerprint density at radius 2 is 2.15 bits per heavy atom. The fourth-order valence-electron chi connectivity index (χ4n) is 1.91. The van der Waals surface area contributed by atoms with Crippen LogP contribution in [0.15, 0.2) is 23.1 Å². The van der Waals surface area contributed by atoms with E-state index >= 15 is 0 Å². The number of halogens is 3. The van der Waals surface area contributed by atoms with Crippen LogP contribution in [0.1, 0.15) is 6.42 Å². The van der Waals surface area contributed by atoms with E-state index in [1.54, 1.807) is 0 Å². The van der Waals surface area contributed by atoms with Crippen LogP contribution < -0.4 is 4.74 Å². The lowest BCUT2D eigenvalue weighted by Crippen LogP contribution is -2.29. The van der Waals surface area contributed by atoms with Gasteiger partial charge in [0.05, 0.1) is 16.0 Å². The van der Waals surface area contributed by atoms with Crippen molar-refractivity contribution >= 4 is 21.6 Å². The van der Waals surface area contributed by atoms with Crippen molar-refractivity contribution < 1.29 is 27.0 Å². The summed E-state index contributed by atoms with van der Waals surface area (Å²) >= 11 is 5.72. The van der Waals surface area contributed by atoms with Gasteiger partial charge in [-0.15, -0.1) is 0 Å². The highest BCUT2D eigenvalue weighted by Crippen LogP contribution is 2.30. The fraction of sp³-hybridized carbons (Fsp3) is 0.455. The van der Waals surface area contributed by atoms with E-state index in [9.17, 15) is 22.3 Å². The molecule has 1 aliphatic heterocycles. The molecule has 2 rings (SSSR count). The largest absolute Gasteiger partial charge is 0.433 e. The van der Waals surface area contributed by atoms with E-state index in [1.807, 2.05) is 0 Å². The van der Waals surface area contributed by atoms with Gasteiger partial charge in [0.25, 0.3) is 0 Å². The minimum atomic E-state index is -3.79. The van der Waals surface area contributed by atoms with Gasteiger partial charge >= 0.3 is 6.61 Å². The molecule has 112 valence electrons. The Balaban J connectivity index is 2.27. The van der Waals surface area contributed by atoms with Gasteiger partial charge in [-0.1, -0.05) is 11.6 Å². The zero-order valence-corrected chi connectivity index (χ0v) is 11.7. The Morgan fingerprint density at radius 1 is 1.45 bits per heavy atom. The van der Waals surface area contributed by atoms with Crippen molar-refractivity contribution in [1.29, 1.82) is 0 Å². The molecule has 0 spiro atoms. The number of nitrogens with zero attached hydrogens (tertiary/aromatic N) is 1. The van der Waals surface area contributed by atoms with Crippen LogP contribution in [0.2, 0.25) is 5.02 Å². The summed E-state index contributed by atoms with van der Waals surface area (Å²) < 4.78 is 53.9. The average molecular weight is 328 g/mol. The van der Waals surface area contributed by atoms with Crippen LogP contribution in [-0.2, 0) is 10.0 Å². The van der Waals surface area contributed by atoms with E-state index < -0.39 is 22.7 Å². The van der Waals surface area contributed by atoms with E-state index in [2.05, 4.69) is 4.74 Å². The normalized spacial score (nSPS) is 20.6. The first-order chi connectivity index (χ1) is 9.30. The molecule has 0 amide bonds. The number of β-amino-alcohol motifs (C(OH)–C–C–N with tert-alkyl or cyclic N) is 1. The number of ether oxygens (including phenoxy) is 1. The second-order valence-corrected chi connectivity index (χ2v) is 6.62. The number of hydrogen-bond acceptors (Lipinski definition) is 4. The molecule has 5 nitrogen and oxygen atoms in total. The molecule has 1 N–H and O–H groups in total. The van der Waals surface area contributed by atoms with E-state index in [-0.39, 0.29) is 28.8 Å². The van der Waals surface area contributed by atoms with Gasteiger partial charge in [0.15, 0.2) is 0 Å². The van der Waals surface area contributed by atoms with Gasteiger partial charge in [0.2, 0.25) is 10.0 Å². The van der Waals surface area contributed by atoms with Crippen molar-refractivity contribution in [2.24, 2.45) is 0 Å². The smallest absolute Gasteiger partial charge is 0.387 e. The molecule has 0 aliphatic carbocycles. The Labute approximate surface area is 119 Å². The molecule has 1 saturated heterocycles. The van der Waals surface area contributed by atoms with Crippen LogP contribution >= 0.6 is 11.6 Å². The summed E-state index contributed by atoms with van der Waals surface area (Å²) in [5.41, 5.74) is 0. The summed E-state index contributed by atoms with van der Waals surface area (Å²) in [5, 5.41) is 9.16. The fourth-order valence-corrected chi connectivity index (χ4v) is 3.72. The number of benzene rings is 1. The zero-order valence-electron chi connectivity index (χ0n) is 10.2. The molecule has 1 aromatic rings. The minimum Gasteiger partial charge on any atom is -0.433 e. The Bertz CT molecular complexity index is 596. The lowest BCUT2D eigenvalue weighted by Gasteiger charge is -2.16. The lowest BCUT2D eigenvalue weighted by molar-refractivity contribution is -0.0498. The highest BCUT2D eigenvalue weighted by Gasteiger charge is 2.32. The Morgan fingerprint density at radius 3 is 2.65 bits per heavy atom. The monoisotopic (exact) mass is 327 g/mol. The molecular formula is C11H12ClF2NO4S. The van der Waals surface area contributed by atoms with Crippen molar-refractivity contribution in [2.45, 2.75) is 24.0 Å². The molecular weight excluding hydrogens is 316 g/mol. The second-order valence-electron chi connectivity index (χ2n) is 4.28. The molecule has 1 fully saturated rings. The average Bonchev–Trinajstić information content (AvgIpc) is 2.78. The number of sulfonamides is 1. The van der Waals surface area contributed by atoms with Gasteiger partial charge in [-0.25, -0.2) is 8.42 Å². The van der Waals surface area contributed by atoms with E-state index in [0.29, 0.717) is 6.42 Å². The first kappa shape index (κ1) is 15.4. The number of aliphatic hydroxyl groups is 1. The van der Waals surface area contributed by atoms with Crippen molar-refractivity contribution in [2.75, 3.05) is 13.1 Å². The summed E-state index contributed by atoms with van der Waals surface area (Å²) in [6.07, 6.45) is -0.332. The number of hydrogen-bond donors (Lipinski definition) is 1. The third-order valence-electron chi connectivity index (χ3n) is 2.88. The maximum atomic E-state index is 12.2. The zero-order chi connectivity index (χ0) is 14.9. The van der Waals surface area contributed by atoms with Crippen LogP contribution in [0.5, 0.6) is 5.75 Å². The third kappa shape index (κ3) is 3.20. The Hall–Kier alpha value is -0.960. The van der Waals surface area contributed by atoms with E-state index in [4.69, 9.17) is 11.6 Å². The molecule has 20 heavy (non-hydrogen) atoms. The lowest BCUT2D eigenvalue weighted by atomic mass is 10.3. The molecule has 9 heteroatoms. The van der Waals surface area contributed by atoms with Crippen molar-refractivity contribution in [1.82, 2.24) is 4.31 Å². The number of aliphatic hydroxyl groups excluding tert-OH is 1. The Kier molecular flexibility index (Phi) is 4.48. The summed E-state index contributed by atoms with van der Waals surface area (Å²) in [6, 6.07) is 3.27. The summed E-state index contributed by atoms with van der Waals surface area (Å²) in [6.45, 7) is -2.82. The van der Waals surface area contributed by atoms with Crippen molar-refractivity contribution in [3.05, 3.63) is 23.2 Å². The van der Waals surface area contributed by atoms with Gasteiger partial charge in [-0.3, -0.25) is 0 Å². The molecule has 0 aromatic heterocycles. The SMILES string of the molecule is O=S(=O)(c1ccc(OC(F)F)c(Cl)c1)N1CC[C@H](O)C1. The second kappa shape index (κ2) is 5.80. The van der Waals surface area contributed by atoms with Gasteiger partial charge in [0, 0.05) is 13.1 Å². The van der Waals surface area contributed by atoms with Crippen LogP contribution in [-0.4, -0.2) is 43.6 Å². The van der Waals surface area contributed by atoms with Crippen LogP contribution in [0.3, 0.4) is 0 Å². The van der Waals surface area contributed by atoms with E-state index in [0.717, 1.165) is 22.5 Å². The maximum absolute atomic E-state index is 12.2. The molecule has 1 aromatic carbocycles. The number of rotatable bonds is 4. The summed E-state index contributed by atoms with van der Waals surface area (Å²) in [5.74, 6) is -0.290. The molecule has 0 radical (unpaired) electrons. The number of alkyl halides is 2. The van der Waals surface area contributed by atoms with Gasteiger partial charge in [0.1, 0.15) is 5.75 Å². The molecule has 0 bridgehead atoms. The maximum Gasteiger partial charge on any atom is 0.387 e. The highest BCUT2D eigenvalue weighted by atomic mass is 35.5. The highest BCUT2D eigenvalue weighted by molar-refractivity contribution is 7.89. The predicted molar refractivity (Wildman–Crippen MR) is 67.5 cm³/mol. The standard InChI is InChI=1S/C11H12ClF2NO4S/c12-9-5-8(1-2-10(9)19-11(13)14)20(17,18)15-4-3-7(16)6-15/h1-2,5,7,11,16H,3-4,6H2/t7-/m0/s1. The molecule has 1 atom stereocenters. The van der Waals surface area contributed by atoms with E-state index in [1.165, 1.54) is 0 Å². The third-order valence-corrected chi connectivity index (χ3v) is 5.04. The minimum absolute atomic E-state index is 0.00916. The first-order valence-electron chi connectivity index (χ1n) is 5.73. The quantitative estimate of drug-likeness (QED) is 0.914. The predicted octanol–water partition coefficient (Wildman–Crippen LogP) is 1.70. The van der Waals surface area contributed by atoms with Gasteiger partial charge in [-0.05, 0) is 24.6 Å². The van der Waals surface area contributed by atoms with Crippen LogP contribution in [0.4, 0.5) is 8.78 Å². The van der Waals surface area contributed by atoms with Crippen molar-refractivity contribution in [3.63, 3.8) is 0 Å².